The van der Waals surface area contributed by atoms with Gasteiger partial charge in [-0.05, 0) is 30.9 Å². The summed E-state index contributed by atoms with van der Waals surface area (Å²) >= 11 is 1.32. The van der Waals surface area contributed by atoms with Crippen molar-refractivity contribution in [2.24, 2.45) is 11.8 Å². The summed E-state index contributed by atoms with van der Waals surface area (Å²) in [6.45, 7) is 10.6. The summed E-state index contributed by atoms with van der Waals surface area (Å²) in [5, 5.41) is 0.219. The molecule has 0 saturated carbocycles. The summed E-state index contributed by atoms with van der Waals surface area (Å²) in [7, 11) is 0. The summed E-state index contributed by atoms with van der Waals surface area (Å²) in [6.07, 6.45) is 4.06. The van der Waals surface area contributed by atoms with Crippen molar-refractivity contribution in [1.82, 2.24) is 4.90 Å². The lowest BCUT2D eigenvalue weighted by molar-refractivity contribution is 0.216. The number of hydrogen-bond donors (Lipinski definition) is 0. The van der Waals surface area contributed by atoms with Gasteiger partial charge in [-0.25, -0.2) is 0 Å². The Morgan fingerprint density at radius 3 is 1.73 bits per heavy atom. The van der Waals surface area contributed by atoms with E-state index in [1.807, 2.05) is 11.2 Å². The van der Waals surface area contributed by atoms with Crippen molar-refractivity contribution < 1.29 is 4.79 Å². The minimum atomic E-state index is 0.219. The van der Waals surface area contributed by atoms with Gasteiger partial charge >= 0.3 is 0 Å². The molecule has 0 unspecified atom stereocenters. The molecule has 0 spiro atoms. The van der Waals surface area contributed by atoms with E-state index in [1.54, 1.807) is 0 Å². The topological polar surface area (TPSA) is 20.3 Å². The van der Waals surface area contributed by atoms with E-state index in [9.17, 15) is 4.79 Å². The number of amides is 1. The molecular weight excluding hydrogens is 206 g/mol. The molecule has 90 valence electrons. The van der Waals surface area contributed by atoms with Crippen LogP contribution in [-0.4, -0.2) is 29.5 Å². The lowest BCUT2D eigenvalue weighted by atomic mass is 10.1. The average Bonchev–Trinajstić information content (AvgIpc) is 2.16. The number of thioether (sulfide) groups is 1. The van der Waals surface area contributed by atoms with E-state index >= 15 is 0 Å². The van der Waals surface area contributed by atoms with E-state index in [0.717, 1.165) is 25.9 Å². The van der Waals surface area contributed by atoms with Gasteiger partial charge in [0.15, 0.2) is 0 Å². The van der Waals surface area contributed by atoms with Crippen molar-refractivity contribution in [1.29, 1.82) is 0 Å². The largest absolute Gasteiger partial charge is 0.334 e. The maximum atomic E-state index is 11.6. The maximum absolute atomic E-state index is 11.6. The Morgan fingerprint density at radius 2 is 1.47 bits per heavy atom. The van der Waals surface area contributed by atoms with Crippen LogP contribution in [0.5, 0.6) is 0 Å². The highest BCUT2D eigenvalue weighted by molar-refractivity contribution is 8.12. The van der Waals surface area contributed by atoms with Crippen LogP contribution in [0.3, 0.4) is 0 Å². The first-order valence-corrected chi connectivity index (χ1v) is 7.02. The Balaban J connectivity index is 4.01. The maximum Gasteiger partial charge on any atom is 0.281 e. The highest BCUT2D eigenvalue weighted by Crippen LogP contribution is 2.11. The third kappa shape index (κ3) is 7.71. The zero-order valence-corrected chi connectivity index (χ0v) is 11.6. The van der Waals surface area contributed by atoms with Gasteiger partial charge in [0.25, 0.3) is 5.24 Å². The molecule has 15 heavy (non-hydrogen) atoms. The van der Waals surface area contributed by atoms with Gasteiger partial charge in [0.05, 0.1) is 0 Å². The second-order valence-electron chi connectivity index (χ2n) is 4.82. The number of nitrogens with zero attached hydrogens (tertiary/aromatic N) is 1. The van der Waals surface area contributed by atoms with Gasteiger partial charge in [0, 0.05) is 13.1 Å². The molecule has 0 saturated heterocycles. The Hall–Kier alpha value is -0.180. The Bertz CT molecular complexity index is 168. The van der Waals surface area contributed by atoms with Crippen molar-refractivity contribution in [3.8, 4) is 0 Å². The smallest absolute Gasteiger partial charge is 0.281 e. The van der Waals surface area contributed by atoms with Gasteiger partial charge in [-0.3, -0.25) is 4.79 Å². The van der Waals surface area contributed by atoms with Crippen LogP contribution in [0.25, 0.3) is 0 Å². The molecular formula is C12H25NOS. The third-order valence-electron chi connectivity index (χ3n) is 2.39. The molecule has 0 aromatic rings. The summed E-state index contributed by atoms with van der Waals surface area (Å²) in [4.78, 5) is 13.6. The molecule has 0 rings (SSSR count). The van der Waals surface area contributed by atoms with E-state index in [-0.39, 0.29) is 5.24 Å². The van der Waals surface area contributed by atoms with Gasteiger partial charge in [-0.1, -0.05) is 39.5 Å². The van der Waals surface area contributed by atoms with Crippen LogP contribution in [0.4, 0.5) is 4.79 Å². The molecule has 0 aromatic heterocycles. The third-order valence-corrected chi connectivity index (χ3v) is 2.99. The first-order valence-electron chi connectivity index (χ1n) is 5.80. The Morgan fingerprint density at radius 1 is 1.07 bits per heavy atom. The van der Waals surface area contributed by atoms with Crippen molar-refractivity contribution in [2.75, 3.05) is 19.3 Å². The first-order chi connectivity index (χ1) is 6.97. The molecule has 3 heteroatoms. The Labute approximate surface area is 98.8 Å². The molecule has 0 aliphatic carbocycles. The monoisotopic (exact) mass is 231 g/mol. The zero-order valence-electron chi connectivity index (χ0n) is 10.7. The summed E-state index contributed by atoms with van der Waals surface area (Å²) in [6, 6.07) is 0. The van der Waals surface area contributed by atoms with E-state index < -0.39 is 0 Å². The lowest BCUT2D eigenvalue weighted by Gasteiger charge is -2.23. The highest BCUT2D eigenvalue weighted by Gasteiger charge is 2.12. The highest BCUT2D eigenvalue weighted by atomic mass is 32.2. The lowest BCUT2D eigenvalue weighted by Crippen LogP contribution is -2.31. The molecule has 0 bridgehead atoms. The van der Waals surface area contributed by atoms with Crippen molar-refractivity contribution in [3.05, 3.63) is 0 Å². The average molecular weight is 231 g/mol. The second kappa shape index (κ2) is 8.03. The Kier molecular flexibility index (Phi) is 7.93. The molecule has 0 fully saturated rings. The standard InChI is InChI=1S/C12H25NOS/c1-10(2)6-8-13(12(14)15-5)9-7-11(3)4/h10-11H,6-9H2,1-5H3. The quantitative estimate of drug-likeness (QED) is 0.692. The fraction of sp³-hybridized carbons (Fsp3) is 0.917. The molecule has 0 aliphatic rings. The SMILES string of the molecule is CSC(=O)N(CCC(C)C)CCC(C)C. The summed E-state index contributed by atoms with van der Waals surface area (Å²) < 4.78 is 0. The summed E-state index contributed by atoms with van der Waals surface area (Å²) in [5.41, 5.74) is 0. The van der Waals surface area contributed by atoms with E-state index in [0.29, 0.717) is 11.8 Å². The van der Waals surface area contributed by atoms with Crippen LogP contribution in [0.15, 0.2) is 0 Å². The normalized spacial score (nSPS) is 11.1. The second-order valence-corrected chi connectivity index (χ2v) is 5.58. The van der Waals surface area contributed by atoms with Gasteiger partial charge in [0.1, 0.15) is 0 Å². The fourth-order valence-corrected chi connectivity index (χ4v) is 1.69. The zero-order chi connectivity index (χ0) is 11.8. The molecule has 1 amide bonds. The van der Waals surface area contributed by atoms with Crippen LogP contribution in [0.2, 0.25) is 0 Å². The molecule has 0 N–H and O–H groups in total. The van der Waals surface area contributed by atoms with Crippen LogP contribution < -0.4 is 0 Å². The van der Waals surface area contributed by atoms with Gasteiger partial charge in [0.2, 0.25) is 0 Å². The van der Waals surface area contributed by atoms with Gasteiger partial charge in [-0.2, -0.15) is 0 Å². The van der Waals surface area contributed by atoms with Gasteiger partial charge in [-0.15, -0.1) is 0 Å². The van der Waals surface area contributed by atoms with Crippen molar-refractivity contribution in [3.63, 3.8) is 0 Å². The fourth-order valence-electron chi connectivity index (χ4n) is 1.25. The van der Waals surface area contributed by atoms with E-state index in [1.165, 1.54) is 11.8 Å². The molecule has 0 heterocycles. The molecule has 0 aromatic carbocycles. The minimum absolute atomic E-state index is 0.219. The predicted molar refractivity (Wildman–Crippen MR) is 69.4 cm³/mol. The number of carbonyl (C=O) groups is 1. The predicted octanol–water partition coefficient (Wildman–Crippen LogP) is 3.86. The van der Waals surface area contributed by atoms with Crippen LogP contribution >= 0.6 is 11.8 Å². The van der Waals surface area contributed by atoms with Gasteiger partial charge < -0.3 is 4.90 Å². The van der Waals surface area contributed by atoms with Crippen LogP contribution in [-0.2, 0) is 0 Å². The number of hydrogen-bond acceptors (Lipinski definition) is 2. The van der Waals surface area contributed by atoms with E-state index in [4.69, 9.17) is 0 Å². The van der Waals surface area contributed by atoms with Crippen molar-refractivity contribution >= 4 is 17.0 Å². The number of rotatable bonds is 6. The van der Waals surface area contributed by atoms with Crippen molar-refractivity contribution in [2.45, 2.75) is 40.5 Å². The van der Waals surface area contributed by atoms with Crippen LogP contribution in [0.1, 0.15) is 40.5 Å². The molecule has 0 radical (unpaired) electrons. The molecule has 2 nitrogen and oxygen atoms in total. The molecule has 0 aliphatic heterocycles. The first kappa shape index (κ1) is 14.8. The van der Waals surface area contributed by atoms with Crippen LogP contribution in [0, 0.1) is 11.8 Å². The number of carbonyl (C=O) groups excluding carboxylic acids is 1. The molecule has 0 atom stereocenters. The minimum Gasteiger partial charge on any atom is -0.334 e. The van der Waals surface area contributed by atoms with E-state index in [2.05, 4.69) is 27.7 Å². The summed E-state index contributed by atoms with van der Waals surface area (Å²) in [5.74, 6) is 1.34.